The molecule has 1 saturated heterocycles. The van der Waals surface area contributed by atoms with Gasteiger partial charge in [-0.1, -0.05) is 18.2 Å². The molecule has 0 spiro atoms. The fraction of sp³-hybridized carbons (Fsp3) is 0.435. The molecule has 1 aliphatic heterocycles. The molecule has 7 heteroatoms. The number of ether oxygens (including phenoxy) is 3. The topological polar surface area (TPSA) is 60.0 Å². The van der Waals surface area contributed by atoms with Crippen LogP contribution in [-0.2, 0) is 0 Å². The Kier molecular flexibility index (Phi) is 9.77. The Morgan fingerprint density at radius 2 is 1.83 bits per heavy atom. The summed E-state index contributed by atoms with van der Waals surface area (Å²) in [6, 6.07) is 15.4. The van der Waals surface area contributed by atoms with Crippen molar-refractivity contribution in [3.63, 3.8) is 0 Å². The molecular weight excluding hydrogens is 404 g/mol. The van der Waals surface area contributed by atoms with Crippen molar-refractivity contribution < 1.29 is 19.0 Å². The maximum absolute atomic E-state index is 12.9. The number of hydrogen-bond acceptors (Lipinski definition) is 5. The summed E-state index contributed by atoms with van der Waals surface area (Å²) < 4.78 is 17.2. The molecule has 2 aromatic carbocycles. The summed E-state index contributed by atoms with van der Waals surface area (Å²) in [6.45, 7) is 4.75. The number of amides is 1. The number of para-hydroxylation sites is 1. The van der Waals surface area contributed by atoms with Crippen LogP contribution in [-0.4, -0.2) is 56.8 Å². The summed E-state index contributed by atoms with van der Waals surface area (Å²) in [5.41, 5.74) is 0.623. The molecule has 2 aromatic rings. The van der Waals surface area contributed by atoms with Crippen molar-refractivity contribution in [1.29, 1.82) is 0 Å². The van der Waals surface area contributed by atoms with E-state index in [-0.39, 0.29) is 18.3 Å². The van der Waals surface area contributed by atoms with E-state index in [4.69, 9.17) is 14.2 Å². The lowest BCUT2D eigenvalue weighted by molar-refractivity contribution is 0.0697. The van der Waals surface area contributed by atoms with Crippen LogP contribution < -0.4 is 19.5 Å². The lowest BCUT2D eigenvalue weighted by Crippen LogP contribution is -2.46. The average Bonchev–Trinajstić information content (AvgIpc) is 2.78. The van der Waals surface area contributed by atoms with Crippen molar-refractivity contribution in [2.24, 2.45) is 0 Å². The van der Waals surface area contributed by atoms with Gasteiger partial charge in [0.25, 0.3) is 5.91 Å². The van der Waals surface area contributed by atoms with Crippen molar-refractivity contribution in [2.75, 3.05) is 40.0 Å². The van der Waals surface area contributed by atoms with Crippen molar-refractivity contribution in [3.05, 3.63) is 54.1 Å². The highest BCUT2D eigenvalue weighted by atomic mass is 35.5. The largest absolute Gasteiger partial charge is 0.490 e. The SMILES string of the molecule is CCOc1cc(C(=O)N2CCCC(NC)C2)ccc1OCCOc1ccccc1.Cl. The van der Waals surface area contributed by atoms with Crippen LogP contribution in [0.15, 0.2) is 48.5 Å². The van der Waals surface area contributed by atoms with E-state index in [0.29, 0.717) is 42.9 Å². The minimum absolute atomic E-state index is 0. The number of nitrogens with zero attached hydrogens (tertiary/aromatic N) is 1. The van der Waals surface area contributed by atoms with Gasteiger partial charge in [0.05, 0.1) is 6.61 Å². The molecule has 0 aliphatic carbocycles. The quantitative estimate of drug-likeness (QED) is 0.608. The van der Waals surface area contributed by atoms with Crippen LogP contribution in [0.2, 0.25) is 0 Å². The predicted molar refractivity (Wildman–Crippen MR) is 120 cm³/mol. The summed E-state index contributed by atoms with van der Waals surface area (Å²) in [5.74, 6) is 2.04. The Morgan fingerprint density at radius 1 is 1.07 bits per heavy atom. The lowest BCUT2D eigenvalue weighted by atomic mass is 10.0. The van der Waals surface area contributed by atoms with E-state index in [0.717, 1.165) is 31.7 Å². The van der Waals surface area contributed by atoms with Crippen molar-refractivity contribution in [1.82, 2.24) is 10.2 Å². The van der Waals surface area contributed by atoms with Gasteiger partial charge in [-0.05, 0) is 57.1 Å². The summed E-state index contributed by atoms with van der Waals surface area (Å²) in [5, 5.41) is 3.27. The Hall–Kier alpha value is -2.44. The first-order valence-electron chi connectivity index (χ1n) is 10.2. The van der Waals surface area contributed by atoms with Gasteiger partial charge in [0.15, 0.2) is 11.5 Å². The van der Waals surface area contributed by atoms with Gasteiger partial charge in [0.2, 0.25) is 0 Å². The molecule has 1 unspecified atom stereocenters. The second kappa shape index (κ2) is 12.3. The zero-order chi connectivity index (χ0) is 20.5. The van der Waals surface area contributed by atoms with Gasteiger partial charge in [-0.15, -0.1) is 12.4 Å². The molecule has 3 rings (SSSR count). The number of likely N-dealkylation sites (tertiary alicyclic amines) is 1. The molecule has 1 amide bonds. The van der Waals surface area contributed by atoms with Crippen molar-refractivity contribution in [2.45, 2.75) is 25.8 Å². The number of piperidine rings is 1. The van der Waals surface area contributed by atoms with Gasteiger partial charge in [0.1, 0.15) is 19.0 Å². The number of likely N-dealkylation sites (N-methyl/N-ethyl adjacent to an activating group) is 1. The second-order valence-corrected chi connectivity index (χ2v) is 6.98. The van der Waals surface area contributed by atoms with E-state index in [1.807, 2.05) is 49.2 Å². The average molecular weight is 435 g/mol. The molecule has 1 heterocycles. The molecule has 30 heavy (non-hydrogen) atoms. The molecule has 6 nitrogen and oxygen atoms in total. The van der Waals surface area contributed by atoms with Gasteiger partial charge in [-0.25, -0.2) is 0 Å². The third-order valence-electron chi connectivity index (χ3n) is 4.96. The highest BCUT2D eigenvalue weighted by molar-refractivity contribution is 5.95. The third-order valence-corrected chi connectivity index (χ3v) is 4.96. The fourth-order valence-corrected chi connectivity index (χ4v) is 3.44. The molecule has 1 aliphatic rings. The van der Waals surface area contributed by atoms with E-state index < -0.39 is 0 Å². The summed E-state index contributed by atoms with van der Waals surface area (Å²) in [7, 11) is 1.94. The number of nitrogens with one attached hydrogen (secondary N) is 1. The van der Waals surface area contributed by atoms with Crippen molar-refractivity contribution in [3.8, 4) is 17.2 Å². The van der Waals surface area contributed by atoms with Gasteiger partial charge in [-0.2, -0.15) is 0 Å². The van der Waals surface area contributed by atoms with Crippen LogP contribution in [0.3, 0.4) is 0 Å². The van der Waals surface area contributed by atoms with Gasteiger partial charge < -0.3 is 24.4 Å². The van der Waals surface area contributed by atoms with E-state index in [9.17, 15) is 4.79 Å². The van der Waals surface area contributed by atoms with Crippen LogP contribution in [0.1, 0.15) is 30.1 Å². The lowest BCUT2D eigenvalue weighted by Gasteiger charge is -2.32. The Balaban J connectivity index is 0.00000320. The van der Waals surface area contributed by atoms with Crippen LogP contribution >= 0.6 is 12.4 Å². The minimum atomic E-state index is 0. The van der Waals surface area contributed by atoms with Crippen LogP contribution in [0.25, 0.3) is 0 Å². The molecule has 1 N–H and O–H groups in total. The van der Waals surface area contributed by atoms with Gasteiger partial charge in [0, 0.05) is 24.7 Å². The van der Waals surface area contributed by atoms with Crippen LogP contribution in [0, 0.1) is 0 Å². The van der Waals surface area contributed by atoms with Gasteiger partial charge >= 0.3 is 0 Å². The molecular formula is C23H31ClN2O4. The Morgan fingerprint density at radius 3 is 2.57 bits per heavy atom. The van der Waals surface area contributed by atoms with Crippen LogP contribution in [0.5, 0.6) is 17.2 Å². The monoisotopic (exact) mass is 434 g/mol. The maximum atomic E-state index is 12.9. The third kappa shape index (κ3) is 6.54. The first kappa shape index (κ1) is 23.8. The number of halogens is 1. The molecule has 0 bridgehead atoms. The Bertz CT molecular complexity index is 788. The second-order valence-electron chi connectivity index (χ2n) is 6.98. The fourth-order valence-electron chi connectivity index (χ4n) is 3.44. The number of carbonyl (C=O) groups excluding carboxylic acids is 1. The van der Waals surface area contributed by atoms with E-state index in [1.54, 1.807) is 18.2 Å². The number of rotatable bonds is 9. The van der Waals surface area contributed by atoms with E-state index in [2.05, 4.69) is 5.32 Å². The van der Waals surface area contributed by atoms with E-state index >= 15 is 0 Å². The highest BCUT2D eigenvalue weighted by Crippen LogP contribution is 2.29. The molecule has 0 saturated carbocycles. The minimum Gasteiger partial charge on any atom is -0.490 e. The smallest absolute Gasteiger partial charge is 0.254 e. The van der Waals surface area contributed by atoms with E-state index in [1.165, 1.54) is 0 Å². The molecule has 1 fully saturated rings. The number of carbonyl (C=O) groups is 1. The first-order chi connectivity index (χ1) is 14.2. The molecule has 0 aromatic heterocycles. The van der Waals surface area contributed by atoms with Crippen molar-refractivity contribution >= 4 is 18.3 Å². The predicted octanol–water partition coefficient (Wildman–Crippen LogP) is 3.79. The molecule has 164 valence electrons. The number of hydrogen-bond donors (Lipinski definition) is 1. The normalized spacial score (nSPS) is 15.8. The zero-order valence-electron chi connectivity index (χ0n) is 17.6. The Labute approximate surface area is 184 Å². The standard InChI is InChI=1S/C23H30N2O4.ClH/c1-3-27-22-16-18(23(26)25-13-7-8-19(17-25)24-2)11-12-21(22)29-15-14-28-20-9-5-4-6-10-20;/h4-6,9-12,16,19,24H,3,7-8,13-15,17H2,1-2H3;1H. The molecule has 1 atom stereocenters. The molecule has 0 radical (unpaired) electrons. The summed E-state index contributed by atoms with van der Waals surface area (Å²) in [6.07, 6.45) is 2.11. The highest BCUT2D eigenvalue weighted by Gasteiger charge is 2.24. The number of benzene rings is 2. The summed E-state index contributed by atoms with van der Waals surface area (Å²) in [4.78, 5) is 14.8. The zero-order valence-corrected chi connectivity index (χ0v) is 18.5. The van der Waals surface area contributed by atoms with Gasteiger partial charge in [-0.3, -0.25) is 4.79 Å². The first-order valence-corrected chi connectivity index (χ1v) is 10.2. The summed E-state index contributed by atoms with van der Waals surface area (Å²) >= 11 is 0. The van der Waals surface area contributed by atoms with Crippen LogP contribution in [0.4, 0.5) is 0 Å². The maximum Gasteiger partial charge on any atom is 0.254 e.